The van der Waals surface area contributed by atoms with Crippen molar-refractivity contribution in [1.82, 2.24) is 14.9 Å². The second-order valence-corrected chi connectivity index (χ2v) is 6.11. The molecule has 1 heterocycles. The van der Waals surface area contributed by atoms with Gasteiger partial charge in [-0.1, -0.05) is 24.3 Å². The van der Waals surface area contributed by atoms with Crippen molar-refractivity contribution >= 4 is 32.9 Å². The zero-order chi connectivity index (χ0) is 17.3. The number of fused-ring (bicyclic) bond motifs is 1. The number of rotatable bonds is 3. The Morgan fingerprint density at radius 1 is 1.21 bits per heavy atom. The lowest BCUT2D eigenvalue weighted by molar-refractivity contribution is 0.190. The third-order valence-corrected chi connectivity index (χ3v) is 4.28. The van der Waals surface area contributed by atoms with Crippen LogP contribution in [0.4, 0.5) is 4.79 Å². The quantitative estimate of drug-likeness (QED) is 0.720. The minimum absolute atomic E-state index is 0.257. The highest BCUT2D eigenvalue weighted by atomic mass is 79.9. The monoisotopic (exact) mass is 387 g/mol. The molecule has 0 aliphatic rings. The van der Waals surface area contributed by atoms with Crippen molar-refractivity contribution in [1.29, 1.82) is 0 Å². The summed E-state index contributed by atoms with van der Waals surface area (Å²) in [7, 11) is 0. The minimum atomic E-state index is -1.18. The van der Waals surface area contributed by atoms with Crippen molar-refractivity contribution in [2.45, 2.75) is 13.0 Å². The van der Waals surface area contributed by atoms with E-state index in [2.05, 4.69) is 26.2 Å². The summed E-state index contributed by atoms with van der Waals surface area (Å²) < 4.78 is 2.08. The molecule has 2 N–H and O–H groups in total. The molecule has 0 saturated heterocycles. The molecule has 1 atom stereocenters. The maximum atomic E-state index is 13.1. The molecule has 0 fully saturated rings. The third kappa shape index (κ3) is 2.90. The molecule has 7 heteroatoms. The lowest BCUT2D eigenvalue weighted by atomic mass is 10.2. The van der Waals surface area contributed by atoms with Crippen molar-refractivity contribution in [3.8, 4) is 5.69 Å². The number of carbonyl (C=O) groups is 1. The minimum Gasteiger partial charge on any atom is -0.465 e. The van der Waals surface area contributed by atoms with Crippen LogP contribution < -0.4 is 10.9 Å². The Balaban J connectivity index is 2.37. The van der Waals surface area contributed by atoms with Gasteiger partial charge < -0.3 is 10.4 Å². The Kier molecular flexibility index (Phi) is 4.35. The number of para-hydroxylation sites is 1. The molecule has 0 spiro atoms. The van der Waals surface area contributed by atoms with Gasteiger partial charge in [-0.25, -0.2) is 9.78 Å². The van der Waals surface area contributed by atoms with Crippen LogP contribution >= 0.6 is 15.9 Å². The van der Waals surface area contributed by atoms with Gasteiger partial charge in [0.25, 0.3) is 5.56 Å². The van der Waals surface area contributed by atoms with Gasteiger partial charge in [-0.3, -0.25) is 9.36 Å². The Bertz CT molecular complexity index is 970. The van der Waals surface area contributed by atoms with Crippen LogP contribution in [0.3, 0.4) is 0 Å². The Morgan fingerprint density at radius 3 is 2.58 bits per heavy atom. The summed E-state index contributed by atoms with van der Waals surface area (Å²) in [5.74, 6) is 0.333. The zero-order valence-corrected chi connectivity index (χ0v) is 14.3. The van der Waals surface area contributed by atoms with E-state index in [4.69, 9.17) is 5.11 Å². The van der Waals surface area contributed by atoms with E-state index in [0.29, 0.717) is 26.9 Å². The first-order valence-corrected chi connectivity index (χ1v) is 8.04. The van der Waals surface area contributed by atoms with Crippen LogP contribution in [0.15, 0.2) is 57.8 Å². The topological polar surface area (TPSA) is 84.2 Å². The molecule has 1 aromatic heterocycles. The molecule has 3 rings (SSSR count). The molecule has 3 aromatic rings. The molecular weight excluding hydrogens is 374 g/mol. The number of hydrogen-bond donors (Lipinski definition) is 2. The van der Waals surface area contributed by atoms with Gasteiger partial charge in [0.1, 0.15) is 5.82 Å². The van der Waals surface area contributed by atoms with Crippen molar-refractivity contribution in [3.63, 3.8) is 0 Å². The van der Waals surface area contributed by atoms with Gasteiger partial charge in [-0.05, 0) is 47.1 Å². The molecule has 1 amide bonds. The van der Waals surface area contributed by atoms with E-state index in [-0.39, 0.29) is 5.56 Å². The normalized spacial score (nSPS) is 12.1. The molecule has 0 unspecified atom stereocenters. The predicted octanol–water partition coefficient (Wildman–Crippen LogP) is 3.48. The molecule has 24 heavy (non-hydrogen) atoms. The summed E-state index contributed by atoms with van der Waals surface area (Å²) in [6, 6.07) is 13.7. The predicted molar refractivity (Wildman–Crippen MR) is 94.6 cm³/mol. The lowest BCUT2D eigenvalue weighted by Crippen LogP contribution is -2.32. The lowest BCUT2D eigenvalue weighted by Gasteiger charge is -2.18. The Labute approximate surface area is 145 Å². The van der Waals surface area contributed by atoms with Crippen LogP contribution in [-0.4, -0.2) is 20.8 Å². The number of nitrogens with one attached hydrogen (secondary N) is 1. The first-order valence-electron chi connectivity index (χ1n) is 7.25. The van der Waals surface area contributed by atoms with Gasteiger partial charge in [0, 0.05) is 4.47 Å². The first kappa shape index (κ1) is 16.2. The highest BCUT2D eigenvalue weighted by Crippen LogP contribution is 2.23. The molecule has 6 nitrogen and oxygen atoms in total. The summed E-state index contributed by atoms with van der Waals surface area (Å²) in [5, 5.41) is 11.8. The van der Waals surface area contributed by atoms with Crippen LogP contribution in [0.25, 0.3) is 16.6 Å². The van der Waals surface area contributed by atoms with Crippen molar-refractivity contribution in [2.24, 2.45) is 0 Å². The molecular formula is C17H14BrN3O3. The van der Waals surface area contributed by atoms with E-state index < -0.39 is 12.1 Å². The smallest absolute Gasteiger partial charge is 0.405 e. The van der Waals surface area contributed by atoms with Crippen LogP contribution in [0.2, 0.25) is 0 Å². The molecule has 2 aromatic carbocycles. The van der Waals surface area contributed by atoms with Gasteiger partial charge in [-0.15, -0.1) is 0 Å². The maximum absolute atomic E-state index is 13.1. The number of aromatic nitrogens is 2. The number of halogens is 1. The van der Waals surface area contributed by atoms with Gasteiger partial charge in [0.05, 0.1) is 22.6 Å². The van der Waals surface area contributed by atoms with Crippen molar-refractivity contribution < 1.29 is 9.90 Å². The molecule has 0 saturated carbocycles. The Hall–Kier alpha value is -2.67. The standard InChI is InChI=1S/C17H14BrN3O3/c1-10(19-17(23)24)15-20-13-9-5-8-12(18)14(13)16(22)21(15)11-6-3-2-4-7-11/h2-10,19H,1H3,(H,23,24)/t10-/m0/s1. The van der Waals surface area contributed by atoms with E-state index in [9.17, 15) is 9.59 Å². The summed E-state index contributed by atoms with van der Waals surface area (Å²) in [6.07, 6.45) is -1.18. The van der Waals surface area contributed by atoms with E-state index in [1.807, 2.05) is 18.2 Å². The molecule has 122 valence electrons. The summed E-state index contributed by atoms with van der Waals surface area (Å²) >= 11 is 3.39. The molecule has 0 radical (unpaired) electrons. The summed E-state index contributed by atoms with van der Waals surface area (Å²) in [5.41, 5.74) is 0.880. The van der Waals surface area contributed by atoms with Crippen molar-refractivity contribution in [3.05, 3.63) is 69.2 Å². The van der Waals surface area contributed by atoms with E-state index in [0.717, 1.165) is 0 Å². The molecule has 0 aliphatic carbocycles. The highest BCUT2D eigenvalue weighted by Gasteiger charge is 2.20. The second kappa shape index (κ2) is 6.45. The van der Waals surface area contributed by atoms with Crippen molar-refractivity contribution in [2.75, 3.05) is 0 Å². The van der Waals surface area contributed by atoms with Gasteiger partial charge >= 0.3 is 6.09 Å². The molecule has 0 bridgehead atoms. The fraction of sp³-hybridized carbons (Fsp3) is 0.118. The number of hydrogen-bond acceptors (Lipinski definition) is 3. The largest absolute Gasteiger partial charge is 0.465 e. The Morgan fingerprint density at radius 2 is 1.92 bits per heavy atom. The van der Waals surface area contributed by atoms with Crippen LogP contribution in [0, 0.1) is 0 Å². The van der Waals surface area contributed by atoms with Crippen LogP contribution in [0.5, 0.6) is 0 Å². The van der Waals surface area contributed by atoms with E-state index in [1.165, 1.54) is 4.57 Å². The number of benzene rings is 2. The van der Waals surface area contributed by atoms with E-state index in [1.54, 1.807) is 37.3 Å². The third-order valence-electron chi connectivity index (χ3n) is 3.61. The fourth-order valence-electron chi connectivity index (χ4n) is 2.57. The first-order chi connectivity index (χ1) is 11.5. The average Bonchev–Trinajstić information content (AvgIpc) is 2.54. The number of nitrogens with zero attached hydrogens (tertiary/aromatic N) is 2. The second-order valence-electron chi connectivity index (χ2n) is 5.25. The number of amides is 1. The van der Waals surface area contributed by atoms with Crippen LogP contribution in [-0.2, 0) is 0 Å². The van der Waals surface area contributed by atoms with Gasteiger partial charge in [-0.2, -0.15) is 0 Å². The van der Waals surface area contributed by atoms with E-state index >= 15 is 0 Å². The number of carboxylic acid groups (broad SMARTS) is 1. The fourth-order valence-corrected chi connectivity index (χ4v) is 3.10. The van der Waals surface area contributed by atoms with Crippen LogP contribution in [0.1, 0.15) is 18.8 Å². The summed E-state index contributed by atoms with van der Waals surface area (Å²) in [6.45, 7) is 1.65. The highest BCUT2D eigenvalue weighted by molar-refractivity contribution is 9.10. The summed E-state index contributed by atoms with van der Waals surface area (Å²) in [4.78, 5) is 28.6. The maximum Gasteiger partial charge on any atom is 0.405 e. The SMILES string of the molecule is C[C@H](NC(=O)O)c1nc2cccc(Br)c2c(=O)n1-c1ccccc1. The zero-order valence-electron chi connectivity index (χ0n) is 12.7. The van der Waals surface area contributed by atoms with Gasteiger partial charge in [0.2, 0.25) is 0 Å². The van der Waals surface area contributed by atoms with Gasteiger partial charge in [0.15, 0.2) is 0 Å². The molecule has 0 aliphatic heterocycles. The average molecular weight is 388 g/mol.